The lowest BCUT2D eigenvalue weighted by atomic mass is 10.2. The van der Waals surface area contributed by atoms with Crippen molar-refractivity contribution in [3.8, 4) is 0 Å². The van der Waals surface area contributed by atoms with Gasteiger partial charge < -0.3 is 10.0 Å². The molecule has 0 bridgehead atoms. The monoisotopic (exact) mass is 199 g/mol. The topological polar surface area (TPSA) is 57.6 Å². The van der Waals surface area contributed by atoms with Gasteiger partial charge in [-0.25, -0.2) is 0 Å². The van der Waals surface area contributed by atoms with Gasteiger partial charge in [-0.1, -0.05) is 6.08 Å². The summed E-state index contributed by atoms with van der Waals surface area (Å²) in [4.78, 5) is 23.3. The van der Waals surface area contributed by atoms with Crippen LogP contribution in [-0.4, -0.2) is 35.0 Å². The fourth-order valence-electron chi connectivity index (χ4n) is 1.07. The van der Waals surface area contributed by atoms with E-state index in [1.54, 1.807) is 11.0 Å². The molecule has 0 atom stereocenters. The van der Waals surface area contributed by atoms with E-state index in [2.05, 4.69) is 6.58 Å². The van der Waals surface area contributed by atoms with E-state index in [9.17, 15) is 9.59 Å². The van der Waals surface area contributed by atoms with Gasteiger partial charge in [0.25, 0.3) is 0 Å². The van der Waals surface area contributed by atoms with E-state index in [-0.39, 0.29) is 12.3 Å². The number of hydrogen-bond donors (Lipinski definition) is 1. The fraction of sp³-hybridized carbons (Fsp3) is 0.600. The molecule has 80 valence electrons. The Morgan fingerprint density at radius 3 is 2.50 bits per heavy atom. The number of carbonyl (C=O) groups is 2. The Labute approximate surface area is 84.2 Å². The largest absolute Gasteiger partial charge is 0.481 e. The molecule has 0 radical (unpaired) electrons. The van der Waals surface area contributed by atoms with Crippen molar-refractivity contribution in [2.24, 2.45) is 0 Å². The van der Waals surface area contributed by atoms with Crippen molar-refractivity contribution in [3.05, 3.63) is 12.7 Å². The number of carbonyl (C=O) groups excluding carboxylic acids is 1. The van der Waals surface area contributed by atoms with Crippen molar-refractivity contribution in [2.75, 3.05) is 13.1 Å². The molecule has 0 saturated heterocycles. The van der Waals surface area contributed by atoms with Gasteiger partial charge in [0, 0.05) is 19.5 Å². The Morgan fingerprint density at radius 2 is 2.07 bits per heavy atom. The zero-order chi connectivity index (χ0) is 11.0. The molecule has 0 aliphatic carbocycles. The van der Waals surface area contributed by atoms with Crippen molar-refractivity contribution in [1.82, 2.24) is 4.90 Å². The average molecular weight is 199 g/mol. The second-order valence-electron chi connectivity index (χ2n) is 2.94. The highest BCUT2D eigenvalue weighted by atomic mass is 16.4. The van der Waals surface area contributed by atoms with Crippen molar-refractivity contribution >= 4 is 11.9 Å². The molecule has 1 N–H and O–H groups in total. The third-order valence-electron chi connectivity index (χ3n) is 1.89. The van der Waals surface area contributed by atoms with E-state index in [1.165, 1.54) is 0 Å². The molecule has 0 aliphatic heterocycles. The Kier molecular flexibility index (Phi) is 6.45. The molecule has 4 nitrogen and oxygen atoms in total. The highest BCUT2D eigenvalue weighted by Gasteiger charge is 2.11. The van der Waals surface area contributed by atoms with E-state index in [0.29, 0.717) is 25.9 Å². The first kappa shape index (κ1) is 12.7. The van der Waals surface area contributed by atoms with Gasteiger partial charge in [-0.15, -0.1) is 6.58 Å². The van der Waals surface area contributed by atoms with Crippen LogP contribution in [0.1, 0.15) is 26.2 Å². The molecular formula is C10H17NO3. The molecule has 14 heavy (non-hydrogen) atoms. The molecule has 0 aromatic heterocycles. The first-order chi connectivity index (χ1) is 6.61. The Bertz CT molecular complexity index is 213. The summed E-state index contributed by atoms with van der Waals surface area (Å²) in [5.41, 5.74) is 0. The van der Waals surface area contributed by atoms with E-state index < -0.39 is 5.97 Å². The minimum atomic E-state index is -0.875. The van der Waals surface area contributed by atoms with Gasteiger partial charge in [-0.2, -0.15) is 0 Å². The smallest absolute Gasteiger partial charge is 0.305 e. The summed E-state index contributed by atoms with van der Waals surface area (Å²) in [6, 6.07) is 0. The van der Waals surface area contributed by atoms with Crippen molar-refractivity contribution in [2.45, 2.75) is 26.2 Å². The lowest BCUT2D eigenvalue weighted by Gasteiger charge is -2.19. The van der Waals surface area contributed by atoms with Crippen LogP contribution in [0.5, 0.6) is 0 Å². The lowest BCUT2D eigenvalue weighted by Crippen LogP contribution is -2.32. The molecule has 0 aliphatic rings. The molecule has 0 aromatic carbocycles. The molecular weight excluding hydrogens is 182 g/mol. The quantitative estimate of drug-likeness (QED) is 0.628. The molecule has 0 fully saturated rings. The predicted molar refractivity (Wildman–Crippen MR) is 53.9 cm³/mol. The van der Waals surface area contributed by atoms with Crippen molar-refractivity contribution < 1.29 is 14.7 Å². The minimum absolute atomic E-state index is 0.00588. The SMILES string of the molecule is C=CCCC(=O)N(CC)CCC(=O)O. The summed E-state index contributed by atoms with van der Waals surface area (Å²) in [7, 11) is 0. The van der Waals surface area contributed by atoms with Crippen LogP contribution in [0, 0.1) is 0 Å². The fourth-order valence-corrected chi connectivity index (χ4v) is 1.07. The highest BCUT2D eigenvalue weighted by Crippen LogP contribution is 1.99. The van der Waals surface area contributed by atoms with Gasteiger partial charge in [-0.05, 0) is 13.3 Å². The summed E-state index contributed by atoms with van der Waals surface area (Å²) in [5, 5.41) is 8.46. The van der Waals surface area contributed by atoms with Crippen LogP contribution in [0.3, 0.4) is 0 Å². The van der Waals surface area contributed by atoms with E-state index >= 15 is 0 Å². The van der Waals surface area contributed by atoms with Crippen molar-refractivity contribution in [3.63, 3.8) is 0 Å². The molecule has 0 rings (SSSR count). The van der Waals surface area contributed by atoms with Crippen LogP contribution in [0.2, 0.25) is 0 Å². The zero-order valence-corrected chi connectivity index (χ0v) is 8.53. The lowest BCUT2D eigenvalue weighted by molar-refractivity contribution is -0.138. The number of nitrogens with zero attached hydrogens (tertiary/aromatic N) is 1. The minimum Gasteiger partial charge on any atom is -0.481 e. The third-order valence-corrected chi connectivity index (χ3v) is 1.89. The molecule has 1 amide bonds. The number of hydrogen-bond acceptors (Lipinski definition) is 2. The maximum Gasteiger partial charge on any atom is 0.305 e. The summed E-state index contributed by atoms with van der Waals surface area (Å²) >= 11 is 0. The standard InChI is InChI=1S/C10H17NO3/c1-3-5-6-9(12)11(4-2)8-7-10(13)14/h3H,1,4-8H2,2H3,(H,13,14). The second kappa shape index (κ2) is 7.12. The number of carboxylic acid groups (broad SMARTS) is 1. The van der Waals surface area contributed by atoms with E-state index in [4.69, 9.17) is 5.11 Å². The summed E-state index contributed by atoms with van der Waals surface area (Å²) in [6.45, 7) is 6.22. The number of amides is 1. The Hall–Kier alpha value is -1.32. The Balaban J connectivity index is 3.92. The third kappa shape index (κ3) is 5.35. The summed E-state index contributed by atoms with van der Waals surface area (Å²) in [6.07, 6.45) is 2.75. The van der Waals surface area contributed by atoms with Crippen molar-refractivity contribution in [1.29, 1.82) is 0 Å². The van der Waals surface area contributed by atoms with Crippen LogP contribution < -0.4 is 0 Å². The summed E-state index contributed by atoms with van der Waals surface area (Å²) < 4.78 is 0. The first-order valence-electron chi connectivity index (χ1n) is 4.72. The number of rotatable bonds is 7. The highest BCUT2D eigenvalue weighted by molar-refractivity contribution is 5.77. The molecule has 0 unspecified atom stereocenters. The van der Waals surface area contributed by atoms with E-state index in [1.807, 2.05) is 6.92 Å². The molecule has 0 saturated carbocycles. The van der Waals surface area contributed by atoms with Gasteiger partial charge in [-0.3, -0.25) is 9.59 Å². The maximum absolute atomic E-state index is 11.4. The van der Waals surface area contributed by atoms with Gasteiger partial charge in [0.1, 0.15) is 0 Å². The van der Waals surface area contributed by atoms with Crippen LogP contribution >= 0.6 is 0 Å². The Morgan fingerprint density at radius 1 is 1.43 bits per heavy atom. The second-order valence-corrected chi connectivity index (χ2v) is 2.94. The van der Waals surface area contributed by atoms with Crippen LogP contribution in [0.15, 0.2) is 12.7 Å². The molecule has 4 heteroatoms. The predicted octanol–water partition coefficient (Wildman–Crippen LogP) is 1.28. The van der Waals surface area contributed by atoms with Gasteiger partial charge in [0.05, 0.1) is 6.42 Å². The maximum atomic E-state index is 11.4. The first-order valence-corrected chi connectivity index (χ1v) is 4.72. The van der Waals surface area contributed by atoms with Crippen LogP contribution in [0.4, 0.5) is 0 Å². The zero-order valence-electron chi connectivity index (χ0n) is 8.53. The molecule has 0 aromatic rings. The van der Waals surface area contributed by atoms with Gasteiger partial charge in [0.15, 0.2) is 0 Å². The average Bonchev–Trinajstić information content (AvgIpc) is 2.15. The number of aliphatic carboxylic acids is 1. The van der Waals surface area contributed by atoms with Crippen LogP contribution in [-0.2, 0) is 9.59 Å². The number of allylic oxidation sites excluding steroid dienone is 1. The summed E-state index contributed by atoms with van der Waals surface area (Å²) in [5.74, 6) is -0.881. The van der Waals surface area contributed by atoms with E-state index in [0.717, 1.165) is 0 Å². The molecule has 0 heterocycles. The van der Waals surface area contributed by atoms with Gasteiger partial charge >= 0.3 is 5.97 Å². The van der Waals surface area contributed by atoms with Gasteiger partial charge in [0.2, 0.25) is 5.91 Å². The van der Waals surface area contributed by atoms with Crippen LogP contribution in [0.25, 0.3) is 0 Å². The molecule has 0 spiro atoms. The number of carboxylic acids is 1. The normalized spacial score (nSPS) is 9.50.